The number of hydrogen-bond acceptors (Lipinski definition) is 4. The van der Waals surface area contributed by atoms with E-state index in [1.807, 2.05) is 35.7 Å². The molecule has 0 fully saturated rings. The van der Waals surface area contributed by atoms with E-state index >= 15 is 0 Å². The van der Waals surface area contributed by atoms with Gasteiger partial charge in [-0.1, -0.05) is 0 Å². The molecule has 3 rings (SSSR count). The molecule has 0 saturated heterocycles. The Morgan fingerprint density at radius 3 is 2.70 bits per heavy atom. The van der Waals surface area contributed by atoms with Crippen LogP contribution in [0.15, 0.2) is 47.8 Å². The van der Waals surface area contributed by atoms with Crippen molar-refractivity contribution in [2.24, 2.45) is 0 Å². The summed E-state index contributed by atoms with van der Waals surface area (Å²) in [4.78, 5) is 4.59. The van der Waals surface area contributed by atoms with Gasteiger partial charge in [0.15, 0.2) is 0 Å². The van der Waals surface area contributed by atoms with Crippen molar-refractivity contribution in [1.82, 2.24) is 4.98 Å². The van der Waals surface area contributed by atoms with E-state index in [0.29, 0.717) is 12.2 Å². The van der Waals surface area contributed by atoms with Crippen molar-refractivity contribution in [3.05, 3.63) is 64.2 Å². The van der Waals surface area contributed by atoms with Gasteiger partial charge in [-0.15, -0.1) is 11.3 Å². The van der Waals surface area contributed by atoms with Crippen LogP contribution in [0.3, 0.4) is 0 Å². The van der Waals surface area contributed by atoms with Crippen molar-refractivity contribution >= 4 is 17.0 Å². The molecule has 1 aromatic heterocycles. The zero-order valence-electron chi connectivity index (χ0n) is 12.8. The summed E-state index contributed by atoms with van der Waals surface area (Å²) in [6.45, 7) is 2.31. The summed E-state index contributed by atoms with van der Waals surface area (Å²) in [7, 11) is 0. The molecule has 0 aliphatic rings. The molecule has 0 atom stereocenters. The van der Waals surface area contributed by atoms with Gasteiger partial charge in [0.1, 0.15) is 11.6 Å². The minimum Gasteiger partial charge on any atom is -0.493 e. The van der Waals surface area contributed by atoms with E-state index in [-0.39, 0.29) is 5.82 Å². The van der Waals surface area contributed by atoms with E-state index in [0.717, 1.165) is 34.1 Å². The molecule has 0 bridgehead atoms. The summed E-state index contributed by atoms with van der Waals surface area (Å²) in [5.74, 6) is 0.603. The molecule has 2 N–H and O–H groups in total. The van der Waals surface area contributed by atoms with Crippen molar-refractivity contribution in [2.45, 2.75) is 13.3 Å². The largest absolute Gasteiger partial charge is 0.493 e. The highest BCUT2D eigenvalue weighted by molar-refractivity contribution is 7.09. The highest BCUT2D eigenvalue weighted by atomic mass is 32.1. The molecule has 0 unspecified atom stereocenters. The highest BCUT2D eigenvalue weighted by Gasteiger charge is 2.07. The number of nitrogen functional groups attached to an aromatic ring is 1. The monoisotopic (exact) mass is 328 g/mol. The minimum atomic E-state index is -0.193. The van der Waals surface area contributed by atoms with Gasteiger partial charge in [-0.2, -0.15) is 0 Å². The lowest BCUT2D eigenvalue weighted by Crippen LogP contribution is -2.01. The second-order valence-corrected chi connectivity index (χ2v) is 6.20. The van der Waals surface area contributed by atoms with Crippen LogP contribution in [0.25, 0.3) is 11.3 Å². The van der Waals surface area contributed by atoms with Crippen LogP contribution in [0.4, 0.5) is 10.1 Å². The van der Waals surface area contributed by atoms with Gasteiger partial charge in [0, 0.05) is 23.1 Å². The summed E-state index contributed by atoms with van der Waals surface area (Å²) in [6, 6.07) is 12.4. The zero-order valence-corrected chi connectivity index (χ0v) is 13.6. The Hall–Kier alpha value is -2.40. The Bertz CT molecular complexity index is 799. The fourth-order valence-corrected chi connectivity index (χ4v) is 2.97. The minimum absolute atomic E-state index is 0.193. The van der Waals surface area contributed by atoms with Crippen molar-refractivity contribution in [3.63, 3.8) is 0 Å². The SMILES string of the molecule is Cc1cc(-c2csc(CCOc3ccc(N)cc3)n2)ccc1F. The molecule has 0 spiro atoms. The summed E-state index contributed by atoms with van der Waals surface area (Å²) < 4.78 is 19.0. The maximum absolute atomic E-state index is 13.3. The molecule has 23 heavy (non-hydrogen) atoms. The molecule has 0 aliphatic heterocycles. The van der Waals surface area contributed by atoms with E-state index in [2.05, 4.69) is 4.98 Å². The standard InChI is InChI=1S/C18H17FN2OS/c1-12-10-13(2-7-16(12)19)17-11-23-18(21-17)8-9-22-15-5-3-14(20)4-6-15/h2-7,10-11H,8-9,20H2,1H3. The van der Waals surface area contributed by atoms with Crippen molar-refractivity contribution in [1.29, 1.82) is 0 Å². The fraction of sp³-hybridized carbons (Fsp3) is 0.167. The van der Waals surface area contributed by atoms with Crippen LogP contribution in [-0.2, 0) is 6.42 Å². The van der Waals surface area contributed by atoms with E-state index < -0.39 is 0 Å². The lowest BCUT2D eigenvalue weighted by molar-refractivity contribution is 0.322. The average molecular weight is 328 g/mol. The van der Waals surface area contributed by atoms with Crippen LogP contribution in [-0.4, -0.2) is 11.6 Å². The normalized spacial score (nSPS) is 10.7. The third-order valence-electron chi connectivity index (χ3n) is 3.47. The Balaban J connectivity index is 1.60. The van der Waals surface area contributed by atoms with Gasteiger partial charge in [-0.3, -0.25) is 0 Å². The third kappa shape index (κ3) is 3.87. The molecule has 2 aromatic carbocycles. The molecule has 5 heteroatoms. The number of aryl methyl sites for hydroxylation is 1. The van der Waals surface area contributed by atoms with Gasteiger partial charge in [0.2, 0.25) is 0 Å². The van der Waals surface area contributed by atoms with E-state index in [9.17, 15) is 4.39 Å². The summed E-state index contributed by atoms with van der Waals surface area (Å²) in [6.07, 6.45) is 0.731. The van der Waals surface area contributed by atoms with Gasteiger partial charge in [-0.25, -0.2) is 9.37 Å². The molecule has 118 valence electrons. The smallest absolute Gasteiger partial charge is 0.126 e. The second-order valence-electron chi connectivity index (χ2n) is 5.26. The average Bonchev–Trinajstić information content (AvgIpc) is 3.01. The van der Waals surface area contributed by atoms with E-state index in [1.165, 1.54) is 6.07 Å². The van der Waals surface area contributed by atoms with Crippen molar-refractivity contribution in [3.8, 4) is 17.0 Å². The van der Waals surface area contributed by atoms with Gasteiger partial charge in [0.25, 0.3) is 0 Å². The first-order chi connectivity index (χ1) is 11.1. The van der Waals surface area contributed by atoms with Gasteiger partial charge in [-0.05, 0) is 55.0 Å². The number of benzene rings is 2. The Morgan fingerprint density at radius 1 is 1.17 bits per heavy atom. The third-order valence-corrected chi connectivity index (χ3v) is 4.38. The first-order valence-corrected chi connectivity index (χ1v) is 8.19. The number of nitrogens with two attached hydrogens (primary N) is 1. The second kappa shape index (κ2) is 6.79. The highest BCUT2D eigenvalue weighted by Crippen LogP contribution is 2.24. The maximum atomic E-state index is 13.3. The number of ether oxygens (including phenoxy) is 1. The Labute approximate surface area is 138 Å². The van der Waals surface area contributed by atoms with Crippen LogP contribution < -0.4 is 10.5 Å². The molecule has 3 aromatic rings. The lowest BCUT2D eigenvalue weighted by atomic mass is 10.1. The first-order valence-electron chi connectivity index (χ1n) is 7.31. The topological polar surface area (TPSA) is 48.1 Å². The number of anilines is 1. The Kier molecular flexibility index (Phi) is 4.57. The number of hydrogen-bond donors (Lipinski definition) is 1. The molecule has 0 aliphatic carbocycles. The zero-order chi connectivity index (χ0) is 16.2. The predicted octanol–water partition coefficient (Wildman–Crippen LogP) is 4.46. The molecule has 3 nitrogen and oxygen atoms in total. The maximum Gasteiger partial charge on any atom is 0.126 e. The van der Waals surface area contributed by atoms with Gasteiger partial charge < -0.3 is 10.5 Å². The molecule has 0 radical (unpaired) electrons. The van der Waals surface area contributed by atoms with Crippen LogP contribution in [0, 0.1) is 12.7 Å². The van der Waals surface area contributed by atoms with E-state index in [1.54, 1.807) is 24.3 Å². The number of thiazole rings is 1. The van der Waals surface area contributed by atoms with Crippen LogP contribution in [0.5, 0.6) is 5.75 Å². The number of rotatable bonds is 5. The fourth-order valence-electron chi connectivity index (χ4n) is 2.18. The quantitative estimate of drug-likeness (QED) is 0.703. The number of aromatic nitrogens is 1. The van der Waals surface area contributed by atoms with Gasteiger partial charge >= 0.3 is 0 Å². The predicted molar refractivity (Wildman–Crippen MR) is 92.3 cm³/mol. The number of nitrogens with zero attached hydrogens (tertiary/aromatic N) is 1. The van der Waals surface area contributed by atoms with Crippen molar-refractivity contribution < 1.29 is 9.13 Å². The van der Waals surface area contributed by atoms with Crippen molar-refractivity contribution in [2.75, 3.05) is 12.3 Å². The van der Waals surface area contributed by atoms with Crippen LogP contribution in [0.2, 0.25) is 0 Å². The Morgan fingerprint density at radius 2 is 1.96 bits per heavy atom. The van der Waals surface area contributed by atoms with Crippen LogP contribution in [0.1, 0.15) is 10.6 Å². The van der Waals surface area contributed by atoms with Crippen LogP contribution >= 0.6 is 11.3 Å². The summed E-state index contributed by atoms with van der Waals surface area (Å²) in [5, 5.41) is 2.99. The van der Waals surface area contributed by atoms with Gasteiger partial charge in [0.05, 0.1) is 17.3 Å². The first kappa shape index (κ1) is 15.5. The number of halogens is 1. The molecule has 0 saturated carbocycles. The van der Waals surface area contributed by atoms with E-state index in [4.69, 9.17) is 10.5 Å². The molecular weight excluding hydrogens is 311 g/mol. The summed E-state index contributed by atoms with van der Waals surface area (Å²) >= 11 is 1.59. The molecule has 0 amide bonds. The lowest BCUT2D eigenvalue weighted by Gasteiger charge is -2.04. The summed E-state index contributed by atoms with van der Waals surface area (Å²) in [5.41, 5.74) is 8.80. The molecular formula is C18H17FN2OS. The molecule has 1 heterocycles.